The summed E-state index contributed by atoms with van der Waals surface area (Å²) < 4.78 is 5.56. The van der Waals surface area contributed by atoms with E-state index in [4.69, 9.17) is 16.3 Å². The molecule has 1 aromatic heterocycles. The van der Waals surface area contributed by atoms with E-state index in [1.54, 1.807) is 6.07 Å². The molecular formula is C11H16ClN3O. The highest BCUT2D eigenvalue weighted by molar-refractivity contribution is 6.29. The van der Waals surface area contributed by atoms with Crippen LogP contribution in [0.25, 0.3) is 0 Å². The van der Waals surface area contributed by atoms with E-state index in [-0.39, 0.29) is 11.6 Å². The van der Waals surface area contributed by atoms with Crippen LogP contribution < -0.4 is 5.32 Å². The topological polar surface area (TPSA) is 47.0 Å². The minimum atomic E-state index is -0.0792. The lowest BCUT2D eigenvalue weighted by Gasteiger charge is -2.29. The number of hydrogen-bond donors (Lipinski definition) is 1. The van der Waals surface area contributed by atoms with E-state index in [2.05, 4.69) is 29.1 Å². The summed E-state index contributed by atoms with van der Waals surface area (Å²) in [6, 6.07) is 1.74. The molecular weight excluding hydrogens is 226 g/mol. The van der Waals surface area contributed by atoms with E-state index in [9.17, 15) is 0 Å². The summed E-state index contributed by atoms with van der Waals surface area (Å²) in [6.45, 7) is 6.81. The van der Waals surface area contributed by atoms with Crippen molar-refractivity contribution in [2.75, 3.05) is 11.9 Å². The van der Waals surface area contributed by atoms with Gasteiger partial charge in [-0.3, -0.25) is 0 Å². The summed E-state index contributed by atoms with van der Waals surface area (Å²) in [5.41, 5.74) is -0.0792. The van der Waals surface area contributed by atoms with Crippen molar-refractivity contribution in [2.24, 2.45) is 0 Å². The Labute approximate surface area is 100 Å². The third kappa shape index (κ3) is 2.28. The van der Waals surface area contributed by atoms with E-state index in [0.717, 1.165) is 18.8 Å². The van der Waals surface area contributed by atoms with Gasteiger partial charge in [-0.15, -0.1) is 0 Å². The Bertz CT molecular complexity index is 379. The highest BCUT2D eigenvalue weighted by Crippen LogP contribution is 2.29. The lowest BCUT2D eigenvalue weighted by Crippen LogP contribution is -2.41. The number of aryl methyl sites for hydroxylation is 1. The van der Waals surface area contributed by atoms with Gasteiger partial charge in [-0.2, -0.15) is 0 Å². The second-order valence-corrected chi connectivity index (χ2v) is 4.82. The molecule has 2 heterocycles. The number of ether oxygens (including phenoxy) is 1. The Hall–Kier alpha value is -0.870. The van der Waals surface area contributed by atoms with Crippen molar-refractivity contribution < 1.29 is 4.74 Å². The fourth-order valence-electron chi connectivity index (χ4n) is 1.89. The second kappa shape index (κ2) is 4.18. The summed E-state index contributed by atoms with van der Waals surface area (Å²) in [5, 5.41) is 3.85. The number of anilines is 1. The van der Waals surface area contributed by atoms with Crippen LogP contribution in [0.1, 0.15) is 26.1 Å². The fourth-order valence-corrected chi connectivity index (χ4v) is 2.11. The first kappa shape index (κ1) is 11.6. The maximum Gasteiger partial charge on any atom is 0.134 e. The predicted octanol–water partition coefficient (Wildman–Crippen LogP) is 2.42. The van der Waals surface area contributed by atoms with Crippen LogP contribution in [0.3, 0.4) is 0 Å². The van der Waals surface area contributed by atoms with Gasteiger partial charge in [0, 0.05) is 12.7 Å². The third-order valence-corrected chi connectivity index (χ3v) is 3.30. The standard InChI is InChI=1S/C11H16ClN3O/c1-7-11(3,4-5-16-7)15-10-6-9(12)13-8(2)14-10/h6-7H,4-5H2,1-3H3,(H,13,14,15). The molecule has 0 bridgehead atoms. The Morgan fingerprint density at radius 1 is 1.56 bits per heavy atom. The molecule has 0 aliphatic carbocycles. The summed E-state index contributed by atoms with van der Waals surface area (Å²) in [7, 11) is 0. The van der Waals surface area contributed by atoms with Crippen molar-refractivity contribution in [3.8, 4) is 0 Å². The summed E-state index contributed by atoms with van der Waals surface area (Å²) in [4.78, 5) is 8.35. The maximum absolute atomic E-state index is 5.90. The zero-order chi connectivity index (χ0) is 11.8. The summed E-state index contributed by atoms with van der Waals surface area (Å²) in [6.07, 6.45) is 1.14. The summed E-state index contributed by atoms with van der Waals surface area (Å²) >= 11 is 5.90. The van der Waals surface area contributed by atoms with Gasteiger partial charge in [0.25, 0.3) is 0 Å². The van der Waals surface area contributed by atoms with Gasteiger partial charge in [-0.1, -0.05) is 11.6 Å². The largest absolute Gasteiger partial charge is 0.376 e. The zero-order valence-corrected chi connectivity index (χ0v) is 10.5. The first-order valence-corrected chi connectivity index (χ1v) is 5.78. The minimum Gasteiger partial charge on any atom is -0.376 e. The van der Waals surface area contributed by atoms with Gasteiger partial charge < -0.3 is 10.1 Å². The van der Waals surface area contributed by atoms with Crippen molar-refractivity contribution in [3.05, 3.63) is 17.0 Å². The van der Waals surface area contributed by atoms with Crippen molar-refractivity contribution in [1.29, 1.82) is 0 Å². The summed E-state index contributed by atoms with van der Waals surface area (Å²) in [5.74, 6) is 1.43. The quantitative estimate of drug-likeness (QED) is 0.808. The molecule has 2 atom stereocenters. The average molecular weight is 242 g/mol. The predicted molar refractivity (Wildman–Crippen MR) is 63.8 cm³/mol. The van der Waals surface area contributed by atoms with Crippen LogP contribution in [0.4, 0.5) is 5.82 Å². The van der Waals surface area contributed by atoms with E-state index < -0.39 is 0 Å². The van der Waals surface area contributed by atoms with E-state index >= 15 is 0 Å². The van der Waals surface area contributed by atoms with Gasteiger partial charge in [0.15, 0.2) is 0 Å². The van der Waals surface area contributed by atoms with Crippen LogP contribution >= 0.6 is 11.6 Å². The number of halogens is 1. The molecule has 0 saturated carbocycles. The molecule has 2 rings (SSSR count). The van der Waals surface area contributed by atoms with E-state index in [1.165, 1.54) is 0 Å². The number of hydrogen-bond acceptors (Lipinski definition) is 4. The lowest BCUT2D eigenvalue weighted by molar-refractivity contribution is 0.105. The molecule has 1 aliphatic heterocycles. The fraction of sp³-hybridized carbons (Fsp3) is 0.636. The van der Waals surface area contributed by atoms with Crippen molar-refractivity contribution in [1.82, 2.24) is 9.97 Å². The Kier molecular flexibility index (Phi) is 3.04. The third-order valence-electron chi connectivity index (χ3n) is 3.11. The maximum atomic E-state index is 5.90. The second-order valence-electron chi connectivity index (χ2n) is 4.43. The van der Waals surface area contributed by atoms with Gasteiger partial charge in [-0.25, -0.2) is 9.97 Å². The Morgan fingerprint density at radius 3 is 2.88 bits per heavy atom. The molecule has 1 fully saturated rings. The molecule has 1 aromatic rings. The van der Waals surface area contributed by atoms with Gasteiger partial charge in [0.2, 0.25) is 0 Å². The molecule has 4 nitrogen and oxygen atoms in total. The highest BCUT2D eigenvalue weighted by atomic mass is 35.5. The van der Waals surface area contributed by atoms with Gasteiger partial charge in [-0.05, 0) is 27.2 Å². The van der Waals surface area contributed by atoms with Crippen LogP contribution in [0.2, 0.25) is 5.15 Å². The van der Waals surface area contributed by atoms with Crippen LogP contribution in [0, 0.1) is 6.92 Å². The molecule has 5 heteroatoms. The van der Waals surface area contributed by atoms with Crippen molar-refractivity contribution in [3.63, 3.8) is 0 Å². The molecule has 88 valence electrons. The number of rotatable bonds is 2. The van der Waals surface area contributed by atoms with Crippen LogP contribution in [0.15, 0.2) is 6.07 Å². The normalized spacial score (nSPS) is 29.4. The molecule has 2 unspecified atom stereocenters. The number of nitrogens with one attached hydrogen (secondary N) is 1. The smallest absolute Gasteiger partial charge is 0.134 e. The first-order chi connectivity index (χ1) is 7.49. The van der Waals surface area contributed by atoms with Gasteiger partial charge >= 0.3 is 0 Å². The Morgan fingerprint density at radius 2 is 2.31 bits per heavy atom. The SMILES string of the molecule is Cc1nc(Cl)cc(NC2(C)CCOC2C)n1. The van der Waals surface area contributed by atoms with Gasteiger partial charge in [0.1, 0.15) is 16.8 Å². The molecule has 0 radical (unpaired) electrons. The molecule has 0 spiro atoms. The van der Waals surface area contributed by atoms with Crippen molar-refractivity contribution >= 4 is 17.4 Å². The highest BCUT2D eigenvalue weighted by Gasteiger charge is 2.37. The molecule has 1 saturated heterocycles. The van der Waals surface area contributed by atoms with E-state index in [0.29, 0.717) is 11.0 Å². The Balaban J connectivity index is 2.20. The van der Waals surface area contributed by atoms with Crippen LogP contribution in [-0.4, -0.2) is 28.2 Å². The van der Waals surface area contributed by atoms with Gasteiger partial charge in [0.05, 0.1) is 11.6 Å². The first-order valence-electron chi connectivity index (χ1n) is 5.40. The zero-order valence-electron chi connectivity index (χ0n) is 9.75. The average Bonchev–Trinajstić information content (AvgIpc) is 2.44. The molecule has 1 aliphatic rings. The lowest BCUT2D eigenvalue weighted by atomic mass is 9.95. The molecule has 0 aromatic carbocycles. The number of nitrogens with zero attached hydrogens (tertiary/aromatic N) is 2. The molecule has 1 N–H and O–H groups in total. The van der Waals surface area contributed by atoms with Crippen LogP contribution in [-0.2, 0) is 4.74 Å². The monoisotopic (exact) mass is 241 g/mol. The van der Waals surface area contributed by atoms with Crippen LogP contribution in [0.5, 0.6) is 0 Å². The molecule has 16 heavy (non-hydrogen) atoms. The minimum absolute atomic E-state index is 0.0792. The van der Waals surface area contributed by atoms with E-state index in [1.807, 2.05) is 6.92 Å². The number of aromatic nitrogens is 2. The van der Waals surface area contributed by atoms with Crippen molar-refractivity contribution in [2.45, 2.75) is 38.8 Å². The molecule has 0 amide bonds.